The first-order valence-electron chi connectivity index (χ1n) is 5.97. The lowest BCUT2D eigenvalue weighted by atomic mass is 10.1. The molecule has 2 nitrogen and oxygen atoms in total. The van der Waals surface area contributed by atoms with E-state index in [1.165, 1.54) is 23.9 Å². The molecule has 0 spiro atoms. The monoisotopic (exact) mass is 280 g/mol. The Morgan fingerprint density at radius 3 is 2.40 bits per heavy atom. The standard InChI is InChI=1S/C16H9FN2S/c17-15-6-2-4-13(10-15)8-7-12-3-1-5-14(9-12)16-11-18-20-19-16/h1-6,9-11H. The van der Waals surface area contributed by atoms with E-state index in [0.29, 0.717) is 5.56 Å². The van der Waals surface area contributed by atoms with Gasteiger partial charge in [-0.1, -0.05) is 30.0 Å². The Bertz CT molecular complexity index is 785. The minimum atomic E-state index is -0.279. The summed E-state index contributed by atoms with van der Waals surface area (Å²) < 4.78 is 21.2. The van der Waals surface area contributed by atoms with E-state index in [2.05, 4.69) is 20.6 Å². The average molecular weight is 280 g/mol. The van der Waals surface area contributed by atoms with Crippen LogP contribution in [0.25, 0.3) is 11.3 Å². The van der Waals surface area contributed by atoms with Crippen LogP contribution >= 0.6 is 11.7 Å². The van der Waals surface area contributed by atoms with Gasteiger partial charge in [-0.3, -0.25) is 0 Å². The van der Waals surface area contributed by atoms with Crippen molar-refractivity contribution < 1.29 is 4.39 Å². The van der Waals surface area contributed by atoms with Crippen molar-refractivity contribution >= 4 is 11.7 Å². The summed E-state index contributed by atoms with van der Waals surface area (Å²) in [4.78, 5) is 0. The topological polar surface area (TPSA) is 25.8 Å². The van der Waals surface area contributed by atoms with Gasteiger partial charge in [-0.05, 0) is 30.3 Å². The first-order valence-corrected chi connectivity index (χ1v) is 6.70. The number of aromatic nitrogens is 2. The van der Waals surface area contributed by atoms with Crippen molar-refractivity contribution in [3.8, 4) is 23.1 Å². The van der Waals surface area contributed by atoms with E-state index in [0.717, 1.165) is 16.8 Å². The predicted octanol–water partition coefficient (Wildman–Crippen LogP) is 3.74. The van der Waals surface area contributed by atoms with E-state index in [1.807, 2.05) is 24.3 Å². The Balaban J connectivity index is 1.91. The van der Waals surface area contributed by atoms with Crippen LogP contribution in [0.2, 0.25) is 0 Å². The molecular weight excluding hydrogens is 271 g/mol. The molecule has 0 unspecified atom stereocenters. The second-order valence-electron chi connectivity index (χ2n) is 4.13. The first kappa shape index (κ1) is 12.5. The first-order chi connectivity index (χ1) is 9.81. The molecule has 4 heteroatoms. The van der Waals surface area contributed by atoms with Crippen LogP contribution in [0, 0.1) is 17.7 Å². The summed E-state index contributed by atoms with van der Waals surface area (Å²) in [6.07, 6.45) is 1.73. The van der Waals surface area contributed by atoms with Crippen LogP contribution in [0.4, 0.5) is 4.39 Å². The van der Waals surface area contributed by atoms with Crippen molar-refractivity contribution in [2.75, 3.05) is 0 Å². The molecule has 0 bridgehead atoms. The highest BCUT2D eigenvalue weighted by molar-refractivity contribution is 6.99. The lowest BCUT2D eigenvalue weighted by Crippen LogP contribution is -1.81. The molecule has 1 aromatic heterocycles. The molecule has 3 rings (SSSR count). The maximum absolute atomic E-state index is 13.1. The van der Waals surface area contributed by atoms with Crippen LogP contribution in [-0.2, 0) is 0 Å². The van der Waals surface area contributed by atoms with Gasteiger partial charge in [-0.2, -0.15) is 8.75 Å². The minimum absolute atomic E-state index is 0.279. The number of rotatable bonds is 1. The molecule has 0 amide bonds. The van der Waals surface area contributed by atoms with Gasteiger partial charge < -0.3 is 0 Å². The third-order valence-electron chi connectivity index (χ3n) is 2.70. The molecular formula is C16H9FN2S. The molecule has 0 aliphatic rings. The maximum atomic E-state index is 13.1. The Hall–Kier alpha value is -2.51. The number of halogens is 1. The molecule has 0 radical (unpaired) electrons. The van der Waals surface area contributed by atoms with Crippen LogP contribution in [0.1, 0.15) is 11.1 Å². The quantitative estimate of drug-likeness (QED) is 0.634. The molecule has 0 aliphatic carbocycles. The summed E-state index contributed by atoms with van der Waals surface area (Å²) in [6, 6.07) is 14.0. The van der Waals surface area contributed by atoms with E-state index < -0.39 is 0 Å². The normalized spacial score (nSPS) is 9.85. The van der Waals surface area contributed by atoms with Crippen molar-refractivity contribution in [2.45, 2.75) is 0 Å². The average Bonchev–Trinajstić information content (AvgIpc) is 3.00. The van der Waals surface area contributed by atoms with Crippen molar-refractivity contribution in [3.05, 3.63) is 71.7 Å². The van der Waals surface area contributed by atoms with Gasteiger partial charge in [0.25, 0.3) is 0 Å². The van der Waals surface area contributed by atoms with Gasteiger partial charge in [0.2, 0.25) is 0 Å². The fraction of sp³-hybridized carbons (Fsp3) is 0. The van der Waals surface area contributed by atoms with Crippen LogP contribution in [0.3, 0.4) is 0 Å². The van der Waals surface area contributed by atoms with Crippen LogP contribution in [-0.4, -0.2) is 8.75 Å². The Kier molecular flexibility index (Phi) is 3.53. The van der Waals surface area contributed by atoms with Gasteiger partial charge in [0.15, 0.2) is 0 Å². The molecule has 0 saturated heterocycles. The molecule has 0 fully saturated rings. The lowest BCUT2D eigenvalue weighted by molar-refractivity contribution is 0.627. The third-order valence-corrected chi connectivity index (χ3v) is 3.17. The Morgan fingerprint density at radius 1 is 0.950 bits per heavy atom. The molecule has 3 aromatic rings. The van der Waals surface area contributed by atoms with E-state index in [9.17, 15) is 4.39 Å². The van der Waals surface area contributed by atoms with Crippen LogP contribution in [0.15, 0.2) is 54.7 Å². The van der Waals surface area contributed by atoms with Gasteiger partial charge in [0, 0.05) is 16.7 Å². The van der Waals surface area contributed by atoms with Gasteiger partial charge in [-0.25, -0.2) is 4.39 Å². The van der Waals surface area contributed by atoms with E-state index >= 15 is 0 Å². The highest BCUT2D eigenvalue weighted by atomic mass is 32.1. The van der Waals surface area contributed by atoms with Gasteiger partial charge >= 0.3 is 0 Å². The summed E-state index contributed by atoms with van der Waals surface area (Å²) in [6.45, 7) is 0. The zero-order valence-electron chi connectivity index (χ0n) is 10.4. The van der Waals surface area contributed by atoms with Crippen molar-refractivity contribution in [2.24, 2.45) is 0 Å². The summed E-state index contributed by atoms with van der Waals surface area (Å²) in [5, 5.41) is 0. The third kappa shape index (κ3) is 2.90. The predicted molar refractivity (Wildman–Crippen MR) is 77.7 cm³/mol. The number of nitrogens with zero attached hydrogens (tertiary/aromatic N) is 2. The molecule has 2 aromatic carbocycles. The molecule has 0 aliphatic heterocycles. The van der Waals surface area contributed by atoms with E-state index in [1.54, 1.807) is 18.3 Å². The van der Waals surface area contributed by atoms with Crippen molar-refractivity contribution in [3.63, 3.8) is 0 Å². The summed E-state index contributed by atoms with van der Waals surface area (Å²) in [5.74, 6) is 5.70. The van der Waals surface area contributed by atoms with Crippen molar-refractivity contribution in [1.82, 2.24) is 8.75 Å². The number of hydrogen-bond acceptors (Lipinski definition) is 3. The van der Waals surface area contributed by atoms with Gasteiger partial charge in [0.1, 0.15) is 11.5 Å². The maximum Gasteiger partial charge on any atom is 0.124 e. The SMILES string of the molecule is Fc1cccc(C#Cc2cccc(-c3cnsn3)c2)c1. The molecule has 0 saturated carbocycles. The largest absolute Gasteiger partial charge is 0.207 e. The van der Waals surface area contributed by atoms with Crippen molar-refractivity contribution in [1.29, 1.82) is 0 Å². The van der Waals surface area contributed by atoms with E-state index in [4.69, 9.17) is 0 Å². The molecule has 96 valence electrons. The zero-order valence-corrected chi connectivity index (χ0v) is 11.2. The van der Waals surface area contributed by atoms with Gasteiger partial charge in [0.05, 0.1) is 17.9 Å². The highest BCUT2D eigenvalue weighted by Crippen LogP contribution is 2.18. The van der Waals surface area contributed by atoms with E-state index in [-0.39, 0.29) is 5.82 Å². The molecule has 1 heterocycles. The lowest BCUT2D eigenvalue weighted by Gasteiger charge is -1.96. The van der Waals surface area contributed by atoms with Crippen LogP contribution in [0.5, 0.6) is 0 Å². The smallest absolute Gasteiger partial charge is 0.124 e. The fourth-order valence-electron chi connectivity index (χ4n) is 1.76. The Labute approximate surface area is 120 Å². The fourth-order valence-corrected chi connectivity index (χ4v) is 2.19. The molecule has 20 heavy (non-hydrogen) atoms. The zero-order chi connectivity index (χ0) is 13.8. The molecule has 0 atom stereocenters. The minimum Gasteiger partial charge on any atom is -0.207 e. The molecule has 0 N–H and O–H groups in total. The number of hydrogen-bond donors (Lipinski definition) is 0. The highest BCUT2D eigenvalue weighted by Gasteiger charge is 2.00. The van der Waals surface area contributed by atoms with Gasteiger partial charge in [-0.15, -0.1) is 0 Å². The number of benzene rings is 2. The summed E-state index contributed by atoms with van der Waals surface area (Å²) in [7, 11) is 0. The summed E-state index contributed by atoms with van der Waals surface area (Å²) >= 11 is 1.17. The second kappa shape index (κ2) is 5.64. The van der Waals surface area contributed by atoms with Crippen LogP contribution < -0.4 is 0 Å². The summed E-state index contributed by atoms with van der Waals surface area (Å²) in [5.41, 5.74) is 3.33. The Morgan fingerprint density at radius 2 is 1.70 bits per heavy atom. The second-order valence-corrected chi connectivity index (χ2v) is 4.69.